The van der Waals surface area contributed by atoms with Crippen molar-refractivity contribution in [1.29, 1.82) is 0 Å². The quantitative estimate of drug-likeness (QED) is 0.453. The Hall–Kier alpha value is -2.09. The molecule has 0 unspecified atom stereocenters. The zero-order chi connectivity index (χ0) is 18.9. The highest BCUT2D eigenvalue weighted by atomic mass is 35.5. The number of hydrogen-bond donors (Lipinski definition) is 3. The summed E-state index contributed by atoms with van der Waals surface area (Å²) in [5.74, 6) is 1.27. The van der Waals surface area contributed by atoms with Gasteiger partial charge in [-0.1, -0.05) is 25.4 Å². The molecule has 1 aromatic carbocycles. The van der Waals surface area contributed by atoms with Crippen LogP contribution in [0.2, 0.25) is 5.02 Å². The minimum absolute atomic E-state index is 0. The standard InChI is InChI=1S/C18H26ClN7.ClH/c1-4-26(5-2)11-10-21-16-12-13(3)22-18(24-16)25-17(20)23-15-8-6-14(19)7-9-15;/h6-9,12H,4-5,10-11H2,1-3H3,(H4,20,21,22,23,24,25);1H. The summed E-state index contributed by atoms with van der Waals surface area (Å²) in [5.41, 5.74) is 7.57. The minimum atomic E-state index is 0. The fourth-order valence-corrected chi connectivity index (χ4v) is 2.52. The van der Waals surface area contributed by atoms with Crippen molar-refractivity contribution in [3.8, 4) is 0 Å². The SMILES string of the molecule is CCN(CC)CCNc1cc(C)nc(N=C(N)Nc2ccc(Cl)cc2)n1.Cl. The monoisotopic (exact) mass is 411 g/mol. The van der Waals surface area contributed by atoms with Gasteiger partial charge < -0.3 is 21.3 Å². The summed E-state index contributed by atoms with van der Waals surface area (Å²) >= 11 is 5.87. The summed E-state index contributed by atoms with van der Waals surface area (Å²) in [5, 5.41) is 6.97. The summed E-state index contributed by atoms with van der Waals surface area (Å²) in [7, 11) is 0. The van der Waals surface area contributed by atoms with Crippen molar-refractivity contribution in [2.24, 2.45) is 10.7 Å². The first-order valence-corrected chi connectivity index (χ1v) is 9.06. The van der Waals surface area contributed by atoms with E-state index < -0.39 is 0 Å². The molecule has 0 amide bonds. The second kappa shape index (κ2) is 11.6. The molecule has 0 aliphatic carbocycles. The third kappa shape index (κ3) is 7.99. The summed E-state index contributed by atoms with van der Waals surface area (Å²) < 4.78 is 0. The first-order chi connectivity index (χ1) is 12.5. The van der Waals surface area contributed by atoms with Gasteiger partial charge in [-0.2, -0.15) is 9.98 Å². The predicted molar refractivity (Wildman–Crippen MR) is 117 cm³/mol. The van der Waals surface area contributed by atoms with Gasteiger partial charge in [0.1, 0.15) is 5.82 Å². The van der Waals surface area contributed by atoms with Gasteiger partial charge in [0, 0.05) is 35.6 Å². The number of nitrogens with two attached hydrogens (primary N) is 1. The molecule has 0 spiro atoms. The van der Waals surface area contributed by atoms with Gasteiger partial charge in [0.15, 0.2) is 0 Å². The molecule has 0 aliphatic heterocycles. The van der Waals surface area contributed by atoms with Crippen molar-refractivity contribution in [3.63, 3.8) is 0 Å². The van der Waals surface area contributed by atoms with Crippen LogP contribution in [0, 0.1) is 6.92 Å². The largest absolute Gasteiger partial charge is 0.369 e. The Kier molecular flexibility index (Phi) is 9.85. The van der Waals surface area contributed by atoms with Crippen LogP contribution in [0.25, 0.3) is 0 Å². The van der Waals surface area contributed by atoms with Crippen LogP contribution in [-0.2, 0) is 0 Å². The summed E-state index contributed by atoms with van der Waals surface area (Å²) in [4.78, 5) is 15.3. The van der Waals surface area contributed by atoms with E-state index in [1.807, 2.05) is 25.1 Å². The van der Waals surface area contributed by atoms with Gasteiger partial charge in [0.05, 0.1) is 0 Å². The molecule has 0 saturated heterocycles. The molecule has 2 aromatic rings. The molecule has 0 saturated carbocycles. The fraction of sp³-hybridized carbons (Fsp3) is 0.389. The Morgan fingerprint density at radius 2 is 1.85 bits per heavy atom. The van der Waals surface area contributed by atoms with E-state index in [2.05, 4.69) is 44.3 Å². The van der Waals surface area contributed by atoms with E-state index in [4.69, 9.17) is 17.3 Å². The van der Waals surface area contributed by atoms with Crippen LogP contribution >= 0.6 is 24.0 Å². The van der Waals surface area contributed by atoms with E-state index in [-0.39, 0.29) is 18.4 Å². The van der Waals surface area contributed by atoms with Crippen LogP contribution in [0.15, 0.2) is 35.3 Å². The predicted octanol–water partition coefficient (Wildman–Crippen LogP) is 3.67. The third-order valence-corrected chi connectivity index (χ3v) is 4.06. The number of aliphatic imine (C=N–C) groups is 1. The number of nitrogens with zero attached hydrogens (tertiary/aromatic N) is 4. The Morgan fingerprint density at radius 1 is 1.19 bits per heavy atom. The van der Waals surface area contributed by atoms with Gasteiger partial charge in [-0.05, 0) is 44.3 Å². The number of halogens is 2. The number of anilines is 2. The first kappa shape index (κ1) is 23.0. The topological polar surface area (TPSA) is 91.5 Å². The highest BCUT2D eigenvalue weighted by Crippen LogP contribution is 2.15. The maximum atomic E-state index is 5.95. The van der Waals surface area contributed by atoms with E-state index in [9.17, 15) is 0 Å². The normalized spacial score (nSPS) is 11.2. The van der Waals surface area contributed by atoms with Gasteiger partial charge in [-0.15, -0.1) is 12.4 Å². The van der Waals surface area contributed by atoms with Crippen molar-refractivity contribution < 1.29 is 0 Å². The van der Waals surface area contributed by atoms with Gasteiger partial charge in [0.2, 0.25) is 5.96 Å². The van der Waals surface area contributed by atoms with E-state index in [0.29, 0.717) is 11.0 Å². The Bertz CT molecular complexity index is 731. The number of likely N-dealkylation sites (N-methyl/N-ethyl adjacent to an activating group) is 1. The lowest BCUT2D eigenvalue weighted by Gasteiger charge is -2.18. The van der Waals surface area contributed by atoms with E-state index in [1.165, 1.54) is 0 Å². The lowest BCUT2D eigenvalue weighted by Crippen LogP contribution is -2.28. The average Bonchev–Trinajstić information content (AvgIpc) is 2.60. The van der Waals surface area contributed by atoms with Gasteiger partial charge in [0.25, 0.3) is 5.95 Å². The molecule has 1 heterocycles. The van der Waals surface area contributed by atoms with Gasteiger partial charge >= 0.3 is 0 Å². The third-order valence-electron chi connectivity index (χ3n) is 3.81. The maximum Gasteiger partial charge on any atom is 0.254 e. The van der Waals surface area contributed by atoms with Crippen molar-refractivity contribution in [2.45, 2.75) is 20.8 Å². The highest BCUT2D eigenvalue weighted by Gasteiger charge is 2.04. The Morgan fingerprint density at radius 3 is 2.48 bits per heavy atom. The maximum absolute atomic E-state index is 5.95. The average molecular weight is 412 g/mol. The van der Waals surface area contributed by atoms with Crippen LogP contribution in [0.4, 0.5) is 17.5 Å². The molecule has 0 atom stereocenters. The summed E-state index contributed by atoms with van der Waals surface area (Å²) in [6.45, 7) is 10.0. The van der Waals surface area contributed by atoms with Crippen LogP contribution in [0.1, 0.15) is 19.5 Å². The minimum Gasteiger partial charge on any atom is -0.369 e. The van der Waals surface area contributed by atoms with E-state index >= 15 is 0 Å². The van der Waals surface area contributed by atoms with E-state index in [1.54, 1.807) is 12.1 Å². The highest BCUT2D eigenvalue weighted by molar-refractivity contribution is 6.30. The number of guanidine groups is 1. The lowest BCUT2D eigenvalue weighted by molar-refractivity contribution is 0.316. The van der Waals surface area contributed by atoms with Crippen LogP contribution < -0.4 is 16.4 Å². The van der Waals surface area contributed by atoms with Crippen LogP contribution in [0.5, 0.6) is 0 Å². The molecule has 0 radical (unpaired) electrons. The van der Waals surface area contributed by atoms with Gasteiger partial charge in [-0.3, -0.25) is 0 Å². The number of aryl methyl sites for hydroxylation is 1. The number of aromatic nitrogens is 2. The molecule has 4 N–H and O–H groups in total. The molecule has 0 bridgehead atoms. The van der Waals surface area contributed by atoms with Gasteiger partial charge in [-0.25, -0.2) is 4.98 Å². The van der Waals surface area contributed by atoms with Crippen molar-refractivity contribution in [1.82, 2.24) is 14.9 Å². The molecule has 9 heteroatoms. The summed E-state index contributed by atoms with van der Waals surface area (Å²) in [6, 6.07) is 9.09. The van der Waals surface area contributed by atoms with Crippen molar-refractivity contribution in [2.75, 3.05) is 36.8 Å². The molecule has 2 rings (SSSR count). The summed E-state index contributed by atoms with van der Waals surface area (Å²) in [6.07, 6.45) is 0. The van der Waals surface area contributed by atoms with Crippen LogP contribution in [-0.4, -0.2) is 47.0 Å². The first-order valence-electron chi connectivity index (χ1n) is 8.68. The molecule has 1 aromatic heterocycles. The second-order valence-corrected chi connectivity index (χ2v) is 6.21. The van der Waals surface area contributed by atoms with Crippen LogP contribution in [0.3, 0.4) is 0 Å². The number of nitrogens with one attached hydrogen (secondary N) is 2. The smallest absolute Gasteiger partial charge is 0.254 e. The lowest BCUT2D eigenvalue weighted by atomic mass is 10.3. The molecule has 27 heavy (non-hydrogen) atoms. The molecule has 0 aliphatic rings. The fourth-order valence-electron chi connectivity index (χ4n) is 2.39. The number of hydrogen-bond acceptors (Lipinski definition) is 5. The Balaban J connectivity index is 0.00000364. The number of rotatable bonds is 8. The molecular weight excluding hydrogens is 385 g/mol. The molecule has 0 fully saturated rings. The zero-order valence-electron chi connectivity index (χ0n) is 15.9. The zero-order valence-corrected chi connectivity index (χ0v) is 17.4. The molecule has 7 nitrogen and oxygen atoms in total. The second-order valence-electron chi connectivity index (χ2n) is 5.78. The van der Waals surface area contributed by atoms with E-state index in [0.717, 1.165) is 43.4 Å². The number of benzene rings is 1. The van der Waals surface area contributed by atoms with Crippen molar-refractivity contribution >= 4 is 47.4 Å². The Labute approximate surface area is 171 Å². The van der Waals surface area contributed by atoms with Crippen molar-refractivity contribution in [3.05, 3.63) is 41.0 Å². The molecule has 148 valence electrons. The molecular formula is C18H27Cl2N7.